The second-order valence-electron chi connectivity index (χ2n) is 8.81. The SMILES string of the molecule is C.Cc1ccc(CC(=O)C[C@@H]2N=C(c3ccc(Cl)cc3)c3c(sc(C)c3C)-n3c(C)nnc32)cc1.[3H]OC. The molecule has 1 aliphatic rings. The number of aliphatic hydroxyl groups excluding tert-OH is 1. The average molecular weight is 539 g/mol. The lowest BCUT2D eigenvalue weighted by Gasteiger charge is -2.12. The van der Waals surface area contributed by atoms with Crippen molar-refractivity contribution in [1.29, 1.82) is 1.43 Å². The summed E-state index contributed by atoms with van der Waals surface area (Å²) in [5.74, 6) is 1.63. The minimum Gasteiger partial charge on any atom is -0.400 e. The number of carbonyl (C=O) groups is 1. The maximum Gasteiger partial charge on any atom is 0.210 e. The van der Waals surface area contributed by atoms with E-state index in [9.17, 15) is 4.79 Å². The number of hydrogen-bond donors (Lipinski definition) is 1. The van der Waals surface area contributed by atoms with Gasteiger partial charge in [0.25, 0.3) is 0 Å². The van der Waals surface area contributed by atoms with Gasteiger partial charge >= 0.3 is 0 Å². The maximum atomic E-state index is 13.2. The van der Waals surface area contributed by atoms with Crippen LogP contribution in [0.5, 0.6) is 0 Å². The molecule has 4 aromatic rings. The largest absolute Gasteiger partial charge is 0.400 e. The molecule has 2 aromatic carbocycles. The third-order valence-corrected chi connectivity index (χ3v) is 7.74. The van der Waals surface area contributed by atoms with E-state index in [1.165, 1.54) is 23.1 Å². The molecule has 0 unspecified atom stereocenters. The Morgan fingerprint density at radius 3 is 2.38 bits per heavy atom. The molecular formula is C29H33ClN4O2S. The van der Waals surface area contributed by atoms with E-state index in [2.05, 4.69) is 33.7 Å². The Morgan fingerprint density at radius 2 is 1.73 bits per heavy atom. The van der Waals surface area contributed by atoms with Crippen LogP contribution in [0.3, 0.4) is 0 Å². The predicted octanol–water partition coefficient (Wildman–Crippen LogP) is 6.55. The first-order valence-corrected chi connectivity index (χ1v) is 12.9. The Hall–Kier alpha value is -3.13. The molecule has 0 saturated carbocycles. The lowest BCUT2D eigenvalue weighted by molar-refractivity contribution is -0.118. The molecule has 37 heavy (non-hydrogen) atoms. The molecule has 1 aliphatic heterocycles. The number of carbonyl (C=O) groups excluding carboxylic acids is 1. The van der Waals surface area contributed by atoms with Gasteiger partial charge in [0.1, 0.15) is 22.7 Å². The van der Waals surface area contributed by atoms with Crippen LogP contribution >= 0.6 is 22.9 Å². The van der Waals surface area contributed by atoms with Crippen molar-refractivity contribution < 1.29 is 9.90 Å². The molecule has 0 bridgehead atoms. The lowest BCUT2D eigenvalue weighted by Crippen LogP contribution is -2.13. The number of thiophene rings is 1. The molecule has 3 heterocycles. The molecule has 1 N–H and O–H groups in total. The van der Waals surface area contributed by atoms with Gasteiger partial charge < -0.3 is 5.11 Å². The van der Waals surface area contributed by atoms with Crippen molar-refractivity contribution in [2.24, 2.45) is 4.99 Å². The van der Waals surface area contributed by atoms with Crippen LogP contribution in [0.25, 0.3) is 5.00 Å². The summed E-state index contributed by atoms with van der Waals surface area (Å²) in [5.41, 5.74) is 6.28. The Labute approximate surface area is 229 Å². The van der Waals surface area contributed by atoms with Crippen molar-refractivity contribution in [3.8, 4) is 5.00 Å². The monoisotopic (exact) mass is 538 g/mol. The van der Waals surface area contributed by atoms with E-state index in [0.29, 0.717) is 17.3 Å². The summed E-state index contributed by atoms with van der Waals surface area (Å²) in [5, 5.41) is 14.1. The summed E-state index contributed by atoms with van der Waals surface area (Å²) in [7, 11) is 1.29. The highest BCUT2D eigenvalue weighted by Gasteiger charge is 2.32. The molecule has 1 atom stereocenters. The summed E-state index contributed by atoms with van der Waals surface area (Å²) < 4.78 is 7.79. The number of nitrogens with zero attached hydrogens (tertiary/aromatic N) is 4. The molecule has 0 spiro atoms. The van der Waals surface area contributed by atoms with E-state index in [1.807, 2.05) is 62.4 Å². The third kappa shape index (κ3) is 5.74. The van der Waals surface area contributed by atoms with E-state index in [-0.39, 0.29) is 19.6 Å². The Morgan fingerprint density at radius 1 is 1.08 bits per heavy atom. The highest BCUT2D eigenvalue weighted by molar-refractivity contribution is 7.15. The van der Waals surface area contributed by atoms with E-state index in [0.717, 1.165) is 33.2 Å². The Kier molecular flexibility index (Phi) is 8.69. The number of benzene rings is 2. The summed E-state index contributed by atoms with van der Waals surface area (Å²) in [6.07, 6.45) is 0.631. The zero-order valence-corrected chi connectivity index (χ0v) is 22.6. The normalized spacial score (nSPS) is 14.2. The third-order valence-electron chi connectivity index (χ3n) is 6.30. The first kappa shape index (κ1) is 26.9. The van der Waals surface area contributed by atoms with E-state index < -0.39 is 6.04 Å². The molecule has 5 rings (SSSR count). The van der Waals surface area contributed by atoms with Gasteiger partial charge in [0.15, 0.2) is 5.82 Å². The Balaban J connectivity index is 0.000000956. The van der Waals surface area contributed by atoms with Crippen molar-refractivity contribution in [3.05, 3.63) is 97.9 Å². The van der Waals surface area contributed by atoms with Gasteiger partial charge in [-0.3, -0.25) is 14.4 Å². The zero-order chi connectivity index (χ0) is 26.7. The van der Waals surface area contributed by atoms with Gasteiger partial charge in [-0.25, -0.2) is 0 Å². The smallest absolute Gasteiger partial charge is 0.210 e. The van der Waals surface area contributed by atoms with Gasteiger partial charge in [-0.2, -0.15) is 0 Å². The van der Waals surface area contributed by atoms with Crippen LogP contribution in [0.4, 0.5) is 0 Å². The number of aryl methyl sites for hydroxylation is 3. The maximum absolute atomic E-state index is 13.2. The standard InChI is InChI=1S/C27H25ClN4OS.CH4O.CH4/c1-15-5-7-19(8-6-15)13-22(33)14-23-26-31-30-18(4)32(26)27-24(16(2)17(3)34-27)25(29-23)20-9-11-21(28)12-10-20;1-2;/h5-12,23H,13-14H2,1-4H3;2H,1H3;1H4/t23-;;/m0../s1/i;2T;. The number of halogens is 1. The average Bonchev–Trinajstić information content (AvgIpc) is 3.34. The van der Waals surface area contributed by atoms with Gasteiger partial charge in [-0.15, -0.1) is 21.5 Å². The molecule has 0 radical (unpaired) electrons. The Bertz CT molecular complexity index is 1440. The van der Waals surface area contributed by atoms with Crippen molar-refractivity contribution >= 4 is 34.4 Å². The van der Waals surface area contributed by atoms with Crippen molar-refractivity contribution in [3.63, 3.8) is 0 Å². The summed E-state index contributed by atoms with van der Waals surface area (Å²) >= 11 is 7.88. The van der Waals surface area contributed by atoms with Crippen LogP contribution in [-0.2, 0) is 11.2 Å². The molecule has 0 fully saturated rings. The first-order chi connectivity index (χ1) is 17.7. The fourth-order valence-electron chi connectivity index (χ4n) is 4.35. The van der Waals surface area contributed by atoms with E-state index in [1.54, 1.807) is 11.3 Å². The molecule has 0 saturated heterocycles. The van der Waals surface area contributed by atoms with Crippen LogP contribution in [0.1, 0.15) is 64.2 Å². The van der Waals surface area contributed by atoms with Crippen LogP contribution in [0, 0.1) is 27.7 Å². The second-order valence-corrected chi connectivity index (χ2v) is 10.4. The van der Waals surface area contributed by atoms with E-state index >= 15 is 0 Å². The van der Waals surface area contributed by atoms with Gasteiger partial charge in [-0.05, 0) is 51.0 Å². The van der Waals surface area contributed by atoms with Gasteiger partial charge in [0.05, 0.1) is 5.71 Å². The highest BCUT2D eigenvalue weighted by Crippen LogP contribution is 2.39. The van der Waals surface area contributed by atoms with Gasteiger partial charge in [0, 0.05) is 41.0 Å². The second kappa shape index (κ2) is 11.9. The first-order valence-electron chi connectivity index (χ1n) is 12.1. The molecule has 0 aliphatic carbocycles. The number of Topliss-reactive ketones (excluding diaryl/α,β-unsaturated/α-hetero) is 1. The number of aliphatic hydroxyl groups is 1. The lowest BCUT2D eigenvalue weighted by atomic mass is 9.99. The van der Waals surface area contributed by atoms with Crippen molar-refractivity contribution in [2.45, 2.75) is 54.0 Å². The molecule has 6 nitrogen and oxygen atoms in total. The fourth-order valence-corrected chi connectivity index (χ4v) is 5.69. The summed E-state index contributed by atoms with van der Waals surface area (Å²) in [6, 6.07) is 15.4. The zero-order valence-electron chi connectivity index (χ0n) is 22.0. The molecule has 2 aromatic heterocycles. The van der Waals surface area contributed by atoms with Gasteiger partial charge in [0.2, 0.25) is 1.43 Å². The molecule has 194 valence electrons. The molecular weight excluding hydrogens is 504 g/mol. The van der Waals surface area contributed by atoms with E-state index in [4.69, 9.17) is 18.0 Å². The quantitative estimate of drug-likeness (QED) is 0.312. The summed E-state index contributed by atoms with van der Waals surface area (Å²) in [4.78, 5) is 19.6. The fraction of sp³-hybridized carbons (Fsp3) is 0.310. The van der Waals surface area contributed by atoms with Crippen LogP contribution < -0.4 is 0 Å². The van der Waals surface area contributed by atoms with Gasteiger partial charge in [-0.1, -0.05) is 61.0 Å². The molecule has 8 heteroatoms. The molecule has 0 amide bonds. The predicted molar refractivity (Wildman–Crippen MR) is 153 cm³/mol. The highest BCUT2D eigenvalue weighted by atomic mass is 35.5. The van der Waals surface area contributed by atoms with Crippen molar-refractivity contribution in [2.75, 3.05) is 7.11 Å². The number of fused-ring (bicyclic) bond motifs is 3. The topological polar surface area (TPSA) is 80.4 Å². The van der Waals surface area contributed by atoms with Crippen LogP contribution in [0.2, 0.25) is 5.02 Å². The number of ketones is 1. The number of aliphatic imine (C=N–C) groups is 1. The van der Waals surface area contributed by atoms with Crippen LogP contribution in [0.15, 0.2) is 53.5 Å². The summed E-state index contributed by atoms with van der Waals surface area (Å²) in [6.45, 7) is 8.24. The minimum atomic E-state index is -0.427. The number of rotatable bonds is 5. The van der Waals surface area contributed by atoms with Crippen molar-refractivity contribution in [1.82, 2.24) is 14.8 Å². The van der Waals surface area contributed by atoms with Crippen LogP contribution in [-0.4, -0.2) is 39.9 Å². The number of aromatic nitrogens is 3. The minimum absolute atomic E-state index is 0. The number of hydrogen-bond acceptors (Lipinski definition) is 6.